The number of hydrogen-bond donors (Lipinski definition) is 4. The Hall–Kier alpha value is -1.75. The second-order valence-corrected chi connectivity index (χ2v) is 11.2. The number of benzene rings is 1. The predicted octanol–water partition coefficient (Wildman–Crippen LogP) is 1.54. The van der Waals surface area contributed by atoms with Gasteiger partial charge in [-0.2, -0.15) is 11.8 Å². The van der Waals surface area contributed by atoms with Crippen molar-refractivity contribution in [2.75, 3.05) is 30.2 Å². The van der Waals surface area contributed by atoms with E-state index in [1.807, 2.05) is 56.1 Å². The van der Waals surface area contributed by atoms with E-state index in [-0.39, 0.29) is 11.8 Å². The molecule has 0 aromatic heterocycles. The average Bonchev–Trinajstić information content (AvgIpc) is 3.34. The van der Waals surface area contributed by atoms with Crippen LogP contribution in [-0.2, 0) is 27.3 Å². The molecule has 0 saturated carbocycles. The van der Waals surface area contributed by atoms with Crippen LogP contribution in [-0.4, -0.2) is 82.1 Å². The van der Waals surface area contributed by atoms with Gasteiger partial charge >= 0.3 is 5.97 Å². The Morgan fingerprint density at radius 3 is 2.62 bits per heavy atom. The topological polar surface area (TPSA) is 111 Å². The summed E-state index contributed by atoms with van der Waals surface area (Å²) in [6.07, 6.45) is 2.61. The van der Waals surface area contributed by atoms with Gasteiger partial charge in [0.15, 0.2) is 0 Å². The number of hydrogen-bond acceptors (Lipinski definition) is 7. The molecule has 0 aliphatic carbocycles. The van der Waals surface area contributed by atoms with Crippen LogP contribution in [0.25, 0.3) is 0 Å². The first-order chi connectivity index (χ1) is 16.3. The first-order valence-corrected chi connectivity index (χ1v) is 14.3. The Labute approximate surface area is 210 Å². The largest absolute Gasteiger partial charge is 0.480 e. The van der Waals surface area contributed by atoms with Gasteiger partial charge in [-0.05, 0) is 35.5 Å². The molecule has 2 aliphatic rings. The highest BCUT2D eigenvalue weighted by atomic mass is 32.2. The molecule has 1 unspecified atom stereocenters. The fraction of sp³-hybridized carbons (Fsp3) is 0.625. The van der Waals surface area contributed by atoms with Crippen LogP contribution in [0.5, 0.6) is 0 Å². The van der Waals surface area contributed by atoms with Gasteiger partial charge in [-0.15, -0.1) is 11.8 Å². The van der Waals surface area contributed by atoms with Gasteiger partial charge < -0.3 is 26.0 Å². The second-order valence-electron chi connectivity index (χ2n) is 9.18. The van der Waals surface area contributed by atoms with Crippen LogP contribution in [0.1, 0.15) is 31.4 Å². The average molecular weight is 509 g/mol. The molecule has 1 aromatic carbocycles. The van der Waals surface area contributed by atoms with Gasteiger partial charge in [0.1, 0.15) is 12.1 Å². The van der Waals surface area contributed by atoms with Gasteiger partial charge in [0.05, 0.1) is 6.04 Å². The lowest BCUT2D eigenvalue weighted by Crippen LogP contribution is -2.60. The lowest BCUT2D eigenvalue weighted by atomic mass is 9.91. The number of carbonyl (C=O) groups is 3. The van der Waals surface area contributed by atoms with Gasteiger partial charge in [-0.3, -0.25) is 9.59 Å². The monoisotopic (exact) mass is 508 g/mol. The molecule has 4 N–H and O–H groups in total. The van der Waals surface area contributed by atoms with Gasteiger partial charge in [0.2, 0.25) is 11.8 Å². The fourth-order valence-electron chi connectivity index (χ4n) is 4.37. The van der Waals surface area contributed by atoms with Crippen LogP contribution < -0.4 is 16.0 Å². The summed E-state index contributed by atoms with van der Waals surface area (Å²) in [6, 6.07) is 5.98. The zero-order chi connectivity index (χ0) is 24.7. The molecule has 0 bridgehead atoms. The van der Waals surface area contributed by atoms with Crippen molar-refractivity contribution in [2.24, 2.45) is 5.92 Å². The van der Waals surface area contributed by atoms with E-state index in [0.717, 1.165) is 22.8 Å². The van der Waals surface area contributed by atoms with E-state index in [1.165, 1.54) is 11.8 Å². The van der Waals surface area contributed by atoms with E-state index >= 15 is 0 Å². The number of fused-ring (bicyclic) bond motifs is 1. The molecule has 188 valence electrons. The summed E-state index contributed by atoms with van der Waals surface area (Å²) >= 11 is 3.37. The smallest absolute Gasteiger partial charge is 0.326 e. The molecule has 1 saturated heterocycles. The molecule has 34 heavy (non-hydrogen) atoms. The highest BCUT2D eigenvalue weighted by Crippen LogP contribution is 2.25. The Bertz CT molecular complexity index is 863. The summed E-state index contributed by atoms with van der Waals surface area (Å²) in [4.78, 5) is 40.5. The molecular weight excluding hydrogens is 472 g/mol. The first-order valence-electron chi connectivity index (χ1n) is 11.8. The minimum Gasteiger partial charge on any atom is -0.480 e. The van der Waals surface area contributed by atoms with Crippen molar-refractivity contribution in [3.8, 4) is 0 Å². The molecule has 2 aliphatic heterocycles. The number of nitrogens with one attached hydrogen (secondary N) is 3. The van der Waals surface area contributed by atoms with Crippen molar-refractivity contribution in [3.05, 3.63) is 35.4 Å². The molecule has 1 aromatic rings. The third-order valence-electron chi connectivity index (χ3n) is 6.37. The molecule has 4 atom stereocenters. The minimum absolute atomic E-state index is 0.0378. The summed E-state index contributed by atoms with van der Waals surface area (Å²) < 4.78 is 0. The third kappa shape index (κ3) is 6.90. The summed E-state index contributed by atoms with van der Waals surface area (Å²) in [5.74, 6) is 0.995. The number of thioether (sulfide) groups is 2. The number of aliphatic carboxylic acids is 1. The molecule has 0 radical (unpaired) electrons. The fourth-order valence-corrected chi connectivity index (χ4v) is 5.84. The molecule has 8 nitrogen and oxygen atoms in total. The number of carbonyl (C=O) groups excluding carboxylic acids is 2. The third-order valence-corrected chi connectivity index (χ3v) is 8.02. The molecule has 3 rings (SSSR count). The number of carboxylic acids is 1. The van der Waals surface area contributed by atoms with Crippen molar-refractivity contribution >= 4 is 41.3 Å². The van der Waals surface area contributed by atoms with E-state index in [9.17, 15) is 19.5 Å². The zero-order valence-corrected chi connectivity index (χ0v) is 21.7. The minimum atomic E-state index is -1.06. The van der Waals surface area contributed by atoms with Crippen molar-refractivity contribution in [2.45, 2.75) is 57.4 Å². The maximum absolute atomic E-state index is 13.8. The standard InChI is InChI=1S/C24H36N4O4S2/c1-15(2)21(25-11-18-13-34-14-26-18)23(30)28-12-17-7-5-4-6-16(17)10-20(28)22(29)27-19(24(31)32)8-9-33-3/h4-7,15,18-21,25-26H,8-14H2,1-3H3,(H,27,29)(H,31,32)/t18?,19-,20+,21-/m0/s1. The highest BCUT2D eigenvalue weighted by Gasteiger charge is 2.39. The Morgan fingerprint density at radius 1 is 1.26 bits per heavy atom. The highest BCUT2D eigenvalue weighted by molar-refractivity contribution is 7.99. The van der Waals surface area contributed by atoms with E-state index in [4.69, 9.17) is 0 Å². The number of nitrogens with zero attached hydrogens (tertiary/aromatic N) is 1. The lowest BCUT2D eigenvalue weighted by Gasteiger charge is -2.39. The summed E-state index contributed by atoms with van der Waals surface area (Å²) in [6.45, 7) is 5.02. The number of carboxylic acid groups (broad SMARTS) is 1. The van der Waals surface area contributed by atoms with Crippen LogP contribution >= 0.6 is 23.5 Å². The van der Waals surface area contributed by atoms with E-state index in [2.05, 4.69) is 16.0 Å². The second kappa shape index (κ2) is 12.8. The molecule has 2 heterocycles. The maximum atomic E-state index is 13.8. The van der Waals surface area contributed by atoms with Crippen LogP contribution in [0.2, 0.25) is 0 Å². The zero-order valence-electron chi connectivity index (χ0n) is 20.1. The maximum Gasteiger partial charge on any atom is 0.326 e. The van der Waals surface area contributed by atoms with Crippen molar-refractivity contribution in [1.82, 2.24) is 20.9 Å². The molecule has 10 heteroatoms. The van der Waals surface area contributed by atoms with Crippen molar-refractivity contribution < 1.29 is 19.5 Å². The summed E-state index contributed by atoms with van der Waals surface area (Å²) in [5, 5.41) is 19.1. The van der Waals surface area contributed by atoms with E-state index < -0.39 is 30.0 Å². The van der Waals surface area contributed by atoms with Gasteiger partial charge in [0.25, 0.3) is 0 Å². The van der Waals surface area contributed by atoms with Gasteiger partial charge in [-0.25, -0.2) is 4.79 Å². The van der Waals surface area contributed by atoms with Crippen molar-refractivity contribution in [3.63, 3.8) is 0 Å². The summed E-state index contributed by atoms with van der Waals surface area (Å²) in [5.41, 5.74) is 2.04. The predicted molar refractivity (Wildman–Crippen MR) is 138 cm³/mol. The molecule has 2 amide bonds. The Balaban J connectivity index is 1.80. The Morgan fingerprint density at radius 2 is 2.00 bits per heavy atom. The summed E-state index contributed by atoms with van der Waals surface area (Å²) in [7, 11) is 0. The van der Waals surface area contributed by atoms with Crippen LogP contribution in [0.4, 0.5) is 0 Å². The van der Waals surface area contributed by atoms with Gasteiger partial charge in [0, 0.05) is 37.2 Å². The number of rotatable bonds is 11. The Kier molecular flexibility index (Phi) is 10.1. The van der Waals surface area contributed by atoms with Crippen molar-refractivity contribution in [1.29, 1.82) is 0 Å². The van der Waals surface area contributed by atoms with E-state index in [1.54, 1.807) is 4.90 Å². The molecule has 0 spiro atoms. The quantitative estimate of drug-likeness (QED) is 0.356. The normalized spacial score (nSPS) is 21.7. The molecular formula is C24H36N4O4S2. The van der Waals surface area contributed by atoms with Crippen LogP contribution in [0, 0.1) is 5.92 Å². The van der Waals surface area contributed by atoms with E-state index in [0.29, 0.717) is 37.7 Å². The molecule has 1 fully saturated rings. The van der Waals surface area contributed by atoms with Gasteiger partial charge in [-0.1, -0.05) is 38.1 Å². The van der Waals surface area contributed by atoms with Crippen LogP contribution in [0.3, 0.4) is 0 Å². The first kappa shape index (κ1) is 26.8. The van der Waals surface area contributed by atoms with Crippen LogP contribution in [0.15, 0.2) is 24.3 Å². The lowest BCUT2D eigenvalue weighted by molar-refractivity contribution is -0.146. The SMILES string of the molecule is CSCC[C@H](NC(=O)[C@H]1Cc2ccccc2CN1C(=O)[C@@H](NCC1CSCN1)C(C)C)C(=O)O. The number of amides is 2.